The lowest BCUT2D eigenvalue weighted by atomic mass is 10.1. The summed E-state index contributed by atoms with van der Waals surface area (Å²) in [5.41, 5.74) is 0.391. The number of aromatic nitrogens is 1. The van der Waals surface area contributed by atoms with Crippen molar-refractivity contribution in [2.24, 2.45) is 0 Å². The van der Waals surface area contributed by atoms with E-state index in [0.29, 0.717) is 0 Å². The molecule has 0 spiro atoms. The molecule has 0 radical (unpaired) electrons. The number of hydrogen-bond acceptors (Lipinski definition) is 6. The highest BCUT2D eigenvalue weighted by atomic mass is 16.5. The molecule has 21 heavy (non-hydrogen) atoms. The number of carboxylic acid groups (broad SMARTS) is 1. The molecule has 0 fully saturated rings. The van der Waals surface area contributed by atoms with Crippen LogP contribution in [0.2, 0.25) is 0 Å². The molecule has 0 saturated carbocycles. The number of carboxylic acids is 1. The average molecular weight is 295 g/mol. The Hall–Kier alpha value is -2.44. The molecule has 1 aromatic rings. The van der Waals surface area contributed by atoms with E-state index < -0.39 is 11.9 Å². The van der Waals surface area contributed by atoms with Gasteiger partial charge >= 0.3 is 11.9 Å². The van der Waals surface area contributed by atoms with Gasteiger partial charge in [-0.3, -0.25) is 14.4 Å². The molecule has 1 heterocycles. The lowest BCUT2D eigenvalue weighted by Crippen LogP contribution is -2.08. The van der Waals surface area contributed by atoms with Gasteiger partial charge in [-0.2, -0.15) is 0 Å². The van der Waals surface area contributed by atoms with Crippen molar-refractivity contribution in [1.29, 1.82) is 0 Å². The summed E-state index contributed by atoms with van der Waals surface area (Å²) in [5, 5.41) is 18.2. The molecular weight excluding hydrogens is 278 g/mol. The van der Waals surface area contributed by atoms with Gasteiger partial charge in [0.15, 0.2) is 5.78 Å². The number of esters is 1. The molecule has 0 atom stereocenters. The van der Waals surface area contributed by atoms with Crippen LogP contribution >= 0.6 is 0 Å². The van der Waals surface area contributed by atoms with E-state index in [1.807, 2.05) is 0 Å². The third-order valence-corrected chi connectivity index (χ3v) is 2.82. The zero-order chi connectivity index (χ0) is 15.8. The molecule has 2 N–H and O–H groups in total. The molecule has 0 aliphatic heterocycles. The van der Waals surface area contributed by atoms with Gasteiger partial charge in [-0.15, -0.1) is 0 Å². The van der Waals surface area contributed by atoms with Gasteiger partial charge in [0.05, 0.1) is 19.2 Å². The lowest BCUT2D eigenvalue weighted by molar-refractivity contribution is -0.140. The number of nitrogens with zero attached hydrogens (tertiary/aromatic N) is 1. The van der Waals surface area contributed by atoms with Crippen molar-refractivity contribution in [3.63, 3.8) is 0 Å². The second-order valence-electron chi connectivity index (χ2n) is 4.41. The second-order valence-corrected chi connectivity index (χ2v) is 4.41. The van der Waals surface area contributed by atoms with Gasteiger partial charge in [0.2, 0.25) is 0 Å². The third kappa shape index (κ3) is 5.60. The van der Waals surface area contributed by atoms with Crippen molar-refractivity contribution in [1.82, 2.24) is 4.98 Å². The highest BCUT2D eigenvalue weighted by molar-refractivity contribution is 5.94. The molecule has 7 heteroatoms. The fourth-order valence-corrected chi connectivity index (χ4v) is 1.68. The summed E-state index contributed by atoms with van der Waals surface area (Å²) in [5.74, 6) is -1.79. The fourth-order valence-electron chi connectivity index (χ4n) is 1.68. The van der Waals surface area contributed by atoms with Crippen LogP contribution in [0, 0.1) is 0 Å². The van der Waals surface area contributed by atoms with Crippen LogP contribution in [0.15, 0.2) is 12.1 Å². The first-order valence-corrected chi connectivity index (χ1v) is 6.44. The van der Waals surface area contributed by atoms with Gasteiger partial charge in [-0.25, -0.2) is 4.98 Å². The SMILES string of the molecule is COC(=O)CCc1nc(C(=O)CCCC(=O)O)ccc1O. The second kappa shape index (κ2) is 7.98. The minimum atomic E-state index is -0.958. The van der Waals surface area contributed by atoms with E-state index in [1.54, 1.807) is 0 Å². The highest BCUT2D eigenvalue weighted by Gasteiger charge is 2.13. The molecule has 1 rings (SSSR count). The van der Waals surface area contributed by atoms with Crippen LogP contribution in [0.25, 0.3) is 0 Å². The summed E-state index contributed by atoms with van der Waals surface area (Å²) in [7, 11) is 1.26. The number of pyridine rings is 1. The summed E-state index contributed by atoms with van der Waals surface area (Å²) in [6.45, 7) is 0. The lowest BCUT2D eigenvalue weighted by Gasteiger charge is -2.06. The number of ketones is 1. The van der Waals surface area contributed by atoms with Gasteiger partial charge in [0.25, 0.3) is 0 Å². The molecule has 0 aliphatic carbocycles. The first-order valence-electron chi connectivity index (χ1n) is 6.44. The Labute approximate surface area is 121 Å². The Morgan fingerprint density at radius 3 is 2.52 bits per heavy atom. The number of methoxy groups -OCH3 is 1. The van der Waals surface area contributed by atoms with Crippen LogP contribution in [-0.4, -0.2) is 40.0 Å². The summed E-state index contributed by atoms with van der Waals surface area (Å²) in [6, 6.07) is 2.71. The van der Waals surface area contributed by atoms with E-state index in [1.165, 1.54) is 19.2 Å². The van der Waals surface area contributed by atoms with E-state index in [2.05, 4.69) is 9.72 Å². The first-order chi connectivity index (χ1) is 9.93. The van der Waals surface area contributed by atoms with Crippen molar-refractivity contribution >= 4 is 17.7 Å². The maximum Gasteiger partial charge on any atom is 0.305 e. The number of hydrogen-bond donors (Lipinski definition) is 2. The number of aliphatic carboxylic acids is 1. The van der Waals surface area contributed by atoms with Gasteiger partial charge in [0.1, 0.15) is 11.4 Å². The first kappa shape index (κ1) is 16.6. The van der Waals surface area contributed by atoms with Gasteiger partial charge in [0, 0.05) is 19.3 Å². The monoisotopic (exact) mass is 295 g/mol. The standard InChI is InChI=1S/C14H17NO6/c1-21-14(20)8-6-10-12(17)7-5-9(15-10)11(16)3-2-4-13(18)19/h5,7,17H,2-4,6,8H2,1H3,(H,18,19). The maximum absolute atomic E-state index is 11.9. The Morgan fingerprint density at radius 1 is 1.19 bits per heavy atom. The van der Waals surface area contributed by atoms with E-state index in [9.17, 15) is 19.5 Å². The summed E-state index contributed by atoms with van der Waals surface area (Å²) >= 11 is 0. The Bertz CT molecular complexity index is 540. The topological polar surface area (TPSA) is 114 Å². The molecule has 0 amide bonds. The Balaban J connectivity index is 2.69. The van der Waals surface area contributed by atoms with Gasteiger partial charge < -0.3 is 14.9 Å². The predicted molar refractivity (Wildman–Crippen MR) is 72.1 cm³/mol. The van der Waals surface area contributed by atoms with Crippen LogP contribution in [0.3, 0.4) is 0 Å². The maximum atomic E-state index is 11.9. The number of aryl methyl sites for hydroxylation is 1. The van der Waals surface area contributed by atoms with E-state index in [-0.39, 0.29) is 55.0 Å². The predicted octanol–water partition coefficient (Wildman–Crippen LogP) is 1.33. The minimum Gasteiger partial charge on any atom is -0.506 e. The number of Topliss-reactive ketones (excluding diaryl/α,β-unsaturated/α-hetero) is 1. The van der Waals surface area contributed by atoms with Crippen molar-refractivity contribution in [3.8, 4) is 5.75 Å². The number of ether oxygens (including phenoxy) is 1. The summed E-state index contributed by atoms with van der Waals surface area (Å²) in [4.78, 5) is 37.3. The summed E-state index contributed by atoms with van der Waals surface area (Å²) < 4.78 is 4.49. The van der Waals surface area contributed by atoms with Crippen LogP contribution in [0.1, 0.15) is 41.9 Å². The minimum absolute atomic E-state index is 0.0493. The molecule has 1 aromatic heterocycles. The Morgan fingerprint density at radius 2 is 1.90 bits per heavy atom. The van der Waals surface area contributed by atoms with E-state index >= 15 is 0 Å². The largest absolute Gasteiger partial charge is 0.506 e. The molecular formula is C14H17NO6. The zero-order valence-corrected chi connectivity index (χ0v) is 11.7. The molecule has 114 valence electrons. The van der Waals surface area contributed by atoms with Crippen LogP contribution in [0.5, 0.6) is 5.75 Å². The van der Waals surface area contributed by atoms with Crippen molar-refractivity contribution in [2.75, 3.05) is 7.11 Å². The van der Waals surface area contributed by atoms with Crippen LogP contribution in [0.4, 0.5) is 0 Å². The van der Waals surface area contributed by atoms with E-state index in [0.717, 1.165) is 0 Å². The Kier molecular flexibility index (Phi) is 6.32. The number of carbonyl (C=O) groups excluding carboxylic acids is 2. The third-order valence-electron chi connectivity index (χ3n) is 2.82. The molecule has 0 saturated heterocycles. The van der Waals surface area contributed by atoms with Crippen molar-refractivity contribution < 1.29 is 29.3 Å². The normalized spacial score (nSPS) is 10.1. The smallest absolute Gasteiger partial charge is 0.305 e. The fraction of sp³-hybridized carbons (Fsp3) is 0.429. The zero-order valence-electron chi connectivity index (χ0n) is 11.7. The number of rotatable bonds is 8. The molecule has 7 nitrogen and oxygen atoms in total. The van der Waals surface area contributed by atoms with E-state index in [4.69, 9.17) is 5.11 Å². The highest BCUT2D eigenvalue weighted by Crippen LogP contribution is 2.18. The van der Waals surface area contributed by atoms with Crippen molar-refractivity contribution in [2.45, 2.75) is 32.1 Å². The molecule has 0 unspecified atom stereocenters. The average Bonchev–Trinajstić information content (AvgIpc) is 2.45. The quantitative estimate of drug-likeness (QED) is 0.549. The number of aromatic hydroxyl groups is 1. The number of carbonyl (C=O) groups is 3. The van der Waals surface area contributed by atoms with Crippen LogP contribution < -0.4 is 0 Å². The van der Waals surface area contributed by atoms with Crippen LogP contribution in [-0.2, 0) is 20.7 Å². The molecule has 0 aromatic carbocycles. The van der Waals surface area contributed by atoms with Gasteiger partial charge in [-0.1, -0.05) is 0 Å². The molecule has 0 aliphatic rings. The van der Waals surface area contributed by atoms with Gasteiger partial charge in [-0.05, 0) is 18.6 Å². The molecule has 0 bridgehead atoms. The summed E-state index contributed by atoms with van der Waals surface area (Å²) in [6.07, 6.45) is 0.427. The van der Waals surface area contributed by atoms with Crippen molar-refractivity contribution in [3.05, 3.63) is 23.5 Å².